The normalized spacial score (nSPS) is 30.1. The summed E-state index contributed by atoms with van der Waals surface area (Å²) >= 11 is 0. The van der Waals surface area contributed by atoms with Crippen LogP contribution in [-0.4, -0.2) is 62.8 Å². The van der Waals surface area contributed by atoms with Crippen LogP contribution in [0.3, 0.4) is 0 Å². The van der Waals surface area contributed by atoms with E-state index >= 15 is 0 Å². The van der Waals surface area contributed by atoms with Crippen molar-refractivity contribution < 1.29 is 9.53 Å². The van der Waals surface area contributed by atoms with Crippen LogP contribution in [0.25, 0.3) is 0 Å². The maximum absolute atomic E-state index is 12.0. The number of rotatable bonds is 4. The standard InChI is InChI=1S/C13H25N3O2/c1-18-12-5-2-4-11(12)15-13(17)10-16-8-3-6-14-7-9-16/h11-12,14H,2-10H2,1H3,(H,15,17). The van der Waals surface area contributed by atoms with Gasteiger partial charge in [-0.3, -0.25) is 9.69 Å². The van der Waals surface area contributed by atoms with E-state index in [4.69, 9.17) is 4.74 Å². The molecule has 18 heavy (non-hydrogen) atoms. The number of hydrogen-bond acceptors (Lipinski definition) is 4. The molecule has 0 spiro atoms. The van der Waals surface area contributed by atoms with Gasteiger partial charge in [-0.25, -0.2) is 0 Å². The SMILES string of the molecule is COC1CCCC1NC(=O)CN1CCCNCC1. The van der Waals surface area contributed by atoms with Crippen molar-refractivity contribution in [3.8, 4) is 0 Å². The highest BCUT2D eigenvalue weighted by Gasteiger charge is 2.28. The molecule has 2 atom stereocenters. The van der Waals surface area contributed by atoms with E-state index in [1.54, 1.807) is 7.11 Å². The van der Waals surface area contributed by atoms with Crippen molar-refractivity contribution in [3.63, 3.8) is 0 Å². The van der Waals surface area contributed by atoms with Gasteiger partial charge in [0.15, 0.2) is 0 Å². The first-order chi connectivity index (χ1) is 8.79. The highest BCUT2D eigenvalue weighted by molar-refractivity contribution is 5.78. The van der Waals surface area contributed by atoms with Gasteiger partial charge >= 0.3 is 0 Å². The number of nitrogens with zero attached hydrogens (tertiary/aromatic N) is 1. The van der Waals surface area contributed by atoms with Gasteiger partial charge in [0, 0.05) is 20.2 Å². The Labute approximate surface area is 109 Å². The van der Waals surface area contributed by atoms with Crippen LogP contribution in [-0.2, 0) is 9.53 Å². The van der Waals surface area contributed by atoms with Gasteiger partial charge < -0.3 is 15.4 Å². The summed E-state index contributed by atoms with van der Waals surface area (Å²) in [5.41, 5.74) is 0. The summed E-state index contributed by atoms with van der Waals surface area (Å²) in [6, 6.07) is 0.215. The van der Waals surface area contributed by atoms with Crippen molar-refractivity contribution in [1.82, 2.24) is 15.5 Å². The zero-order valence-electron chi connectivity index (χ0n) is 11.3. The Morgan fingerprint density at radius 1 is 1.33 bits per heavy atom. The lowest BCUT2D eigenvalue weighted by molar-refractivity contribution is -0.123. The van der Waals surface area contributed by atoms with Crippen LogP contribution < -0.4 is 10.6 Å². The molecule has 2 fully saturated rings. The highest BCUT2D eigenvalue weighted by atomic mass is 16.5. The predicted molar refractivity (Wildman–Crippen MR) is 70.5 cm³/mol. The van der Waals surface area contributed by atoms with Crippen molar-refractivity contribution in [2.75, 3.05) is 39.8 Å². The molecule has 2 N–H and O–H groups in total. The summed E-state index contributed by atoms with van der Waals surface area (Å²) in [5.74, 6) is 0.144. The smallest absolute Gasteiger partial charge is 0.234 e. The Bertz CT molecular complexity index is 265. The number of carbonyl (C=O) groups is 1. The maximum atomic E-state index is 12.0. The molecule has 1 heterocycles. The largest absolute Gasteiger partial charge is 0.379 e. The average molecular weight is 255 g/mol. The zero-order valence-corrected chi connectivity index (χ0v) is 11.3. The molecule has 1 aliphatic heterocycles. The summed E-state index contributed by atoms with van der Waals surface area (Å²) in [5, 5.41) is 6.47. The topological polar surface area (TPSA) is 53.6 Å². The molecule has 2 rings (SSSR count). The van der Waals surface area contributed by atoms with Gasteiger partial charge in [-0.15, -0.1) is 0 Å². The fourth-order valence-corrected chi connectivity index (χ4v) is 2.89. The summed E-state index contributed by atoms with van der Waals surface area (Å²) in [4.78, 5) is 14.2. The van der Waals surface area contributed by atoms with Crippen LogP contribution in [0.4, 0.5) is 0 Å². The molecule has 1 saturated heterocycles. The van der Waals surface area contributed by atoms with E-state index in [-0.39, 0.29) is 18.1 Å². The van der Waals surface area contributed by atoms with E-state index in [0.29, 0.717) is 6.54 Å². The second-order valence-electron chi connectivity index (χ2n) is 5.26. The maximum Gasteiger partial charge on any atom is 0.234 e. The quantitative estimate of drug-likeness (QED) is 0.740. The second kappa shape index (κ2) is 7.07. The molecular formula is C13H25N3O2. The Balaban J connectivity index is 1.73. The van der Waals surface area contributed by atoms with Gasteiger partial charge in [0.2, 0.25) is 5.91 Å². The number of hydrogen-bond donors (Lipinski definition) is 2. The molecule has 1 saturated carbocycles. The molecule has 0 aromatic rings. The molecule has 5 nitrogen and oxygen atoms in total. The lowest BCUT2D eigenvalue weighted by atomic mass is 10.2. The third-order valence-electron chi connectivity index (χ3n) is 3.90. The molecule has 104 valence electrons. The van der Waals surface area contributed by atoms with Gasteiger partial charge in [0.25, 0.3) is 0 Å². The average Bonchev–Trinajstić information content (AvgIpc) is 2.64. The van der Waals surface area contributed by atoms with Crippen LogP contribution in [0.1, 0.15) is 25.7 Å². The first-order valence-corrected chi connectivity index (χ1v) is 7.05. The lowest BCUT2D eigenvalue weighted by Crippen LogP contribution is -2.46. The fraction of sp³-hybridized carbons (Fsp3) is 0.923. The molecule has 0 aromatic heterocycles. The Morgan fingerprint density at radius 3 is 3.06 bits per heavy atom. The molecular weight excluding hydrogens is 230 g/mol. The minimum atomic E-state index is 0.144. The Hall–Kier alpha value is -0.650. The number of nitrogens with one attached hydrogen (secondary N) is 2. The molecule has 0 bridgehead atoms. The first kappa shape index (κ1) is 13.8. The van der Waals surface area contributed by atoms with E-state index < -0.39 is 0 Å². The van der Waals surface area contributed by atoms with Crippen LogP contribution in [0, 0.1) is 0 Å². The summed E-state index contributed by atoms with van der Waals surface area (Å²) in [6.07, 6.45) is 4.59. The fourth-order valence-electron chi connectivity index (χ4n) is 2.89. The minimum absolute atomic E-state index is 0.144. The van der Waals surface area contributed by atoms with Crippen molar-refractivity contribution in [1.29, 1.82) is 0 Å². The van der Waals surface area contributed by atoms with Crippen LogP contribution in [0.15, 0.2) is 0 Å². The minimum Gasteiger partial charge on any atom is -0.379 e. The zero-order chi connectivity index (χ0) is 12.8. The number of ether oxygens (including phenoxy) is 1. The Kier molecular flexibility index (Phi) is 5.41. The monoisotopic (exact) mass is 255 g/mol. The van der Waals surface area contributed by atoms with E-state index in [1.807, 2.05) is 0 Å². The van der Waals surface area contributed by atoms with Gasteiger partial charge in [-0.1, -0.05) is 0 Å². The molecule has 2 unspecified atom stereocenters. The van der Waals surface area contributed by atoms with Gasteiger partial charge in [0.1, 0.15) is 0 Å². The summed E-state index contributed by atoms with van der Waals surface area (Å²) in [7, 11) is 1.73. The van der Waals surface area contributed by atoms with Crippen LogP contribution >= 0.6 is 0 Å². The van der Waals surface area contributed by atoms with Gasteiger partial charge in [0.05, 0.1) is 18.7 Å². The van der Waals surface area contributed by atoms with E-state index in [2.05, 4.69) is 15.5 Å². The number of amides is 1. The number of carbonyl (C=O) groups excluding carboxylic acids is 1. The lowest BCUT2D eigenvalue weighted by Gasteiger charge is -2.23. The van der Waals surface area contributed by atoms with Gasteiger partial charge in [-0.2, -0.15) is 0 Å². The third kappa shape index (κ3) is 3.93. The van der Waals surface area contributed by atoms with E-state index in [0.717, 1.165) is 51.9 Å². The summed E-state index contributed by atoms with van der Waals surface area (Å²) in [6.45, 7) is 4.54. The van der Waals surface area contributed by atoms with Crippen LogP contribution in [0.5, 0.6) is 0 Å². The van der Waals surface area contributed by atoms with Crippen LogP contribution in [0.2, 0.25) is 0 Å². The molecule has 1 aliphatic carbocycles. The summed E-state index contributed by atoms with van der Waals surface area (Å²) < 4.78 is 5.40. The molecule has 1 amide bonds. The number of methoxy groups -OCH3 is 1. The molecule has 0 radical (unpaired) electrons. The van der Waals surface area contributed by atoms with Crippen molar-refractivity contribution in [2.24, 2.45) is 0 Å². The second-order valence-corrected chi connectivity index (χ2v) is 5.26. The third-order valence-corrected chi connectivity index (χ3v) is 3.90. The Morgan fingerprint density at radius 2 is 2.22 bits per heavy atom. The van der Waals surface area contributed by atoms with Crippen molar-refractivity contribution >= 4 is 5.91 Å². The molecule has 2 aliphatic rings. The van der Waals surface area contributed by atoms with E-state index in [1.165, 1.54) is 0 Å². The predicted octanol–water partition coefficient (Wildman–Crippen LogP) is -0.0346. The molecule has 5 heteroatoms. The van der Waals surface area contributed by atoms with Crippen molar-refractivity contribution in [3.05, 3.63) is 0 Å². The van der Waals surface area contributed by atoms with Crippen molar-refractivity contribution in [2.45, 2.75) is 37.8 Å². The highest BCUT2D eigenvalue weighted by Crippen LogP contribution is 2.21. The van der Waals surface area contributed by atoms with E-state index in [9.17, 15) is 4.79 Å². The first-order valence-electron chi connectivity index (χ1n) is 7.05. The van der Waals surface area contributed by atoms with Gasteiger partial charge in [-0.05, 0) is 38.8 Å². The molecule has 0 aromatic carbocycles.